The van der Waals surface area contributed by atoms with Crippen LogP contribution in [0, 0.1) is 0 Å². The lowest BCUT2D eigenvalue weighted by atomic mass is 10.0. The van der Waals surface area contributed by atoms with Crippen molar-refractivity contribution in [2.45, 2.75) is 399 Å². The van der Waals surface area contributed by atoms with E-state index in [2.05, 4.69) is 148 Å². The number of allylic oxidation sites excluding steroid dienone is 22. The fraction of sp³-hybridized carbons (Fsp3) is 0.734. The van der Waals surface area contributed by atoms with Gasteiger partial charge in [-0.05, 0) is 109 Å². The summed E-state index contributed by atoms with van der Waals surface area (Å²) in [5.41, 5.74) is 0. The average Bonchev–Trinajstić information content (AvgIpc) is 1.01. The molecule has 103 heavy (non-hydrogen) atoms. The Morgan fingerprint density at radius 1 is 0.291 bits per heavy atom. The van der Waals surface area contributed by atoms with Gasteiger partial charge in [0.05, 0.1) is 40.3 Å². The molecule has 0 aromatic heterocycles. The zero-order valence-electron chi connectivity index (χ0n) is 67.9. The number of esters is 2. The van der Waals surface area contributed by atoms with Crippen molar-refractivity contribution in [3.8, 4) is 0 Å². The van der Waals surface area contributed by atoms with Crippen molar-refractivity contribution in [2.24, 2.45) is 0 Å². The Bertz CT molecular complexity index is 2170. The molecule has 0 aliphatic rings. The van der Waals surface area contributed by atoms with E-state index in [0.717, 1.165) is 103 Å². The molecular weight excluding hydrogens is 1270 g/mol. The van der Waals surface area contributed by atoms with Gasteiger partial charge in [0.1, 0.15) is 13.2 Å². The van der Waals surface area contributed by atoms with Crippen LogP contribution >= 0.6 is 0 Å². The number of rotatable bonds is 80. The van der Waals surface area contributed by atoms with Crippen LogP contribution in [-0.4, -0.2) is 82.3 Å². The smallest absolute Gasteiger partial charge is 0.306 e. The third-order valence-corrected chi connectivity index (χ3v) is 18.9. The number of carboxylic acids is 1. The predicted molar refractivity (Wildman–Crippen MR) is 444 cm³/mol. The molecule has 0 spiro atoms. The van der Waals surface area contributed by atoms with Crippen molar-refractivity contribution in [1.29, 1.82) is 0 Å². The second-order valence-corrected chi connectivity index (χ2v) is 30.1. The van der Waals surface area contributed by atoms with Crippen LogP contribution in [0.3, 0.4) is 0 Å². The van der Waals surface area contributed by atoms with Gasteiger partial charge in [-0.1, -0.05) is 398 Å². The molecule has 0 aromatic rings. The number of likely N-dealkylation sites (N-methyl/N-ethyl adjacent to an activating group) is 1. The van der Waals surface area contributed by atoms with Gasteiger partial charge in [0.25, 0.3) is 0 Å². The molecule has 0 N–H and O–H groups in total. The van der Waals surface area contributed by atoms with Gasteiger partial charge >= 0.3 is 11.9 Å². The number of carbonyl (C=O) groups excluding carboxylic acids is 3. The molecule has 9 heteroatoms. The molecule has 0 fully saturated rings. The first-order valence-corrected chi connectivity index (χ1v) is 43.3. The molecule has 0 aliphatic carbocycles. The Labute approximate surface area is 637 Å². The Hall–Kier alpha value is -4.57. The zero-order chi connectivity index (χ0) is 74.6. The molecule has 0 aliphatic heterocycles. The summed E-state index contributed by atoms with van der Waals surface area (Å²) in [5, 5.41) is 11.9. The van der Waals surface area contributed by atoms with E-state index in [-0.39, 0.29) is 32.2 Å². The quantitative estimate of drug-likeness (QED) is 0.0195. The Morgan fingerprint density at radius 3 is 0.777 bits per heavy atom. The highest BCUT2D eigenvalue weighted by Gasteiger charge is 2.22. The van der Waals surface area contributed by atoms with E-state index in [1.54, 1.807) is 0 Å². The maximum Gasteiger partial charge on any atom is 0.306 e. The lowest BCUT2D eigenvalue weighted by Gasteiger charge is -2.26. The largest absolute Gasteiger partial charge is 0.545 e. The Balaban J connectivity index is 3.95. The molecule has 0 saturated heterocycles. The highest BCUT2D eigenvalue weighted by atomic mass is 16.7. The predicted octanol–water partition coefficient (Wildman–Crippen LogP) is 27.0. The second kappa shape index (κ2) is 83.1. The molecule has 0 aromatic carbocycles. The van der Waals surface area contributed by atoms with E-state index >= 15 is 0 Å². The van der Waals surface area contributed by atoms with Crippen LogP contribution < -0.4 is 5.11 Å². The van der Waals surface area contributed by atoms with Crippen LogP contribution in [-0.2, 0) is 33.3 Å². The number of quaternary nitrogens is 1. The molecule has 2 atom stereocenters. The van der Waals surface area contributed by atoms with Crippen LogP contribution in [0.1, 0.15) is 386 Å². The molecule has 0 amide bonds. The van der Waals surface area contributed by atoms with Crippen molar-refractivity contribution in [1.82, 2.24) is 0 Å². The maximum atomic E-state index is 13.0. The van der Waals surface area contributed by atoms with Gasteiger partial charge in [-0.3, -0.25) is 9.59 Å². The number of unbranched alkanes of at least 4 members (excludes halogenated alkanes) is 43. The summed E-state index contributed by atoms with van der Waals surface area (Å²) in [6, 6.07) is 0. The van der Waals surface area contributed by atoms with E-state index < -0.39 is 24.3 Å². The number of hydrogen-bond acceptors (Lipinski definition) is 8. The Morgan fingerprint density at radius 2 is 0.524 bits per heavy atom. The first kappa shape index (κ1) is 98.4. The van der Waals surface area contributed by atoms with Gasteiger partial charge in [0.15, 0.2) is 12.4 Å². The lowest BCUT2D eigenvalue weighted by molar-refractivity contribution is -0.870. The third kappa shape index (κ3) is 84.6. The number of carbonyl (C=O) groups is 3. The number of carboxylic acid groups (broad SMARTS) is 1. The number of hydrogen-bond donors (Lipinski definition) is 0. The number of nitrogens with zero attached hydrogens (tertiary/aromatic N) is 1. The molecule has 0 bridgehead atoms. The van der Waals surface area contributed by atoms with Gasteiger partial charge in [0, 0.05) is 12.8 Å². The molecule has 2 unspecified atom stereocenters. The topological polar surface area (TPSA) is 111 Å². The fourth-order valence-corrected chi connectivity index (χ4v) is 12.4. The van der Waals surface area contributed by atoms with Gasteiger partial charge < -0.3 is 33.3 Å². The van der Waals surface area contributed by atoms with Gasteiger partial charge in [-0.15, -0.1) is 0 Å². The van der Waals surface area contributed by atoms with Crippen LogP contribution in [0.25, 0.3) is 0 Å². The number of aliphatic carboxylic acids is 1. The summed E-state index contributed by atoms with van der Waals surface area (Å²) in [6.45, 7) is 4.57. The minimum atomic E-state index is -1.63. The van der Waals surface area contributed by atoms with Gasteiger partial charge in [-0.25, -0.2) is 0 Å². The van der Waals surface area contributed by atoms with E-state index in [4.69, 9.17) is 18.9 Å². The van der Waals surface area contributed by atoms with Crippen molar-refractivity contribution in [2.75, 3.05) is 47.5 Å². The minimum absolute atomic E-state index is 0.147. The van der Waals surface area contributed by atoms with E-state index in [1.165, 1.54) is 250 Å². The minimum Gasteiger partial charge on any atom is -0.545 e. The summed E-state index contributed by atoms with van der Waals surface area (Å²) in [4.78, 5) is 37.7. The van der Waals surface area contributed by atoms with E-state index in [0.29, 0.717) is 23.9 Å². The summed E-state index contributed by atoms with van der Waals surface area (Å²) in [5.74, 6) is -2.26. The monoisotopic (exact) mass is 1430 g/mol. The molecule has 0 heterocycles. The molecular formula is C94H163NO8. The lowest BCUT2D eigenvalue weighted by Crippen LogP contribution is -2.44. The van der Waals surface area contributed by atoms with Crippen molar-refractivity contribution >= 4 is 17.9 Å². The van der Waals surface area contributed by atoms with Crippen LogP contribution in [0.4, 0.5) is 0 Å². The van der Waals surface area contributed by atoms with E-state index in [1.807, 2.05) is 21.1 Å². The highest BCUT2D eigenvalue weighted by molar-refractivity contribution is 5.70. The van der Waals surface area contributed by atoms with Crippen LogP contribution in [0.5, 0.6) is 0 Å². The molecule has 0 rings (SSSR count). The SMILES string of the molecule is CC/C=C\C/C=C\C/C=C\C/C=C\C/C=C\C/C=C\CCCCCCCCCCCCCCCCCCCCCCCCC(=O)OC(COC(=O)CCCCCCCCCCCCCCCCCCCCCCC/C=C\C/C=C\C/C=C\C/C=C\C/C=C\CC)COC(OCC[N+](C)(C)C)C(=O)[O-]. The van der Waals surface area contributed by atoms with Crippen molar-refractivity contribution in [3.63, 3.8) is 0 Å². The van der Waals surface area contributed by atoms with Crippen LogP contribution in [0.2, 0.25) is 0 Å². The normalized spacial score (nSPS) is 13.3. The zero-order valence-corrected chi connectivity index (χ0v) is 67.9. The summed E-state index contributed by atoms with van der Waals surface area (Å²) in [6.07, 6.45) is 117. The average molecular weight is 1440 g/mol. The van der Waals surface area contributed by atoms with Gasteiger partial charge in [0.2, 0.25) is 0 Å². The summed E-state index contributed by atoms with van der Waals surface area (Å²) in [7, 11) is 5.95. The third-order valence-electron chi connectivity index (χ3n) is 18.9. The second-order valence-electron chi connectivity index (χ2n) is 30.1. The first-order valence-electron chi connectivity index (χ1n) is 43.3. The van der Waals surface area contributed by atoms with E-state index in [9.17, 15) is 19.5 Å². The standard InChI is InChI=1S/C94H163NO8/c1-6-8-10-12-14-16-18-20-22-24-26-28-30-32-34-36-38-40-42-44-45-46-47-49-51-53-55-57-59-61-63-65-67-69-71-73-75-77-79-81-83-85-92(97)103-90(89-102-94(93(98)99)100-87-86-95(3,4)5)88-101-91(96)84-82-80-78-76-74-72-70-68-66-64-62-60-58-56-54-52-50-48-43-41-39-37-35-33-31-29-27-25-23-21-19-17-15-13-11-9-7-2/h8-11,14-17,20-23,26-29,32-35,38,40,90,94H,6-7,12-13,18-19,24-25,30-31,36-37,39,41-89H2,1-5H3/b10-8-,11-9-,16-14-,17-15-,22-20-,23-21-,28-26-,29-27-,34-32-,35-33-,40-38-. The summed E-state index contributed by atoms with van der Waals surface area (Å²) < 4.78 is 22.9. The number of ether oxygens (including phenoxy) is 4. The highest BCUT2D eigenvalue weighted by Crippen LogP contribution is 2.20. The van der Waals surface area contributed by atoms with Gasteiger partial charge in [-0.2, -0.15) is 0 Å². The fourth-order valence-electron chi connectivity index (χ4n) is 12.4. The molecule has 0 radical (unpaired) electrons. The molecule has 592 valence electrons. The van der Waals surface area contributed by atoms with Crippen molar-refractivity contribution < 1.29 is 42.9 Å². The molecule has 9 nitrogen and oxygen atoms in total. The van der Waals surface area contributed by atoms with Crippen molar-refractivity contribution in [3.05, 3.63) is 134 Å². The Kier molecular flexibility index (Phi) is 79.4. The maximum absolute atomic E-state index is 13.0. The van der Waals surface area contributed by atoms with Crippen LogP contribution in [0.15, 0.2) is 134 Å². The summed E-state index contributed by atoms with van der Waals surface area (Å²) >= 11 is 0. The molecule has 0 saturated carbocycles. The first-order chi connectivity index (χ1) is 50.6.